The topological polar surface area (TPSA) is 58.2 Å². The molecule has 0 atom stereocenters. The van der Waals surface area contributed by atoms with E-state index < -0.39 is 11.8 Å². The summed E-state index contributed by atoms with van der Waals surface area (Å²) in [4.78, 5) is 23.1. The fourth-order valence-corrected chi connectivity index (χ4v) is 1.88. The van der Waals surface area contributed by atoms with E-state index in [1.807, 2.05) is 0 Å². The molecule has 0 aliphatic rings. The van der Waals surface area contributed by atoms with Gasteiger partial charge in [0.25, 0.3) is 0 Å². The summed E-state index contributed by atoms with van der Waals surface area (Å²) in [7, 11) is 0. The van der Waals surface area contributed by atoms with E-state index in [1.54, 1.807) is 12.1 Å². The molecule has 4 nitrogen and oxygen atoms in total. The average Bonchev–Trinajstić information content (AvgIpc) is 2.37. The number of halogens is 2. The van der Waals surface area contributed by atoms with E-state index in [0.29, 0.717) is 22.3 Å². The van der Waals surface area contributed by atoms with Gasteiger partial charge in [0.15, 0.2) is 0 Å². The summed E-state index contributed by atoms with van der Waals surface area (Å²) >= 11 is 11.6. The molecule has 0 unspecified atom stereocenters. The summed E-state index contributed by atoms with van der Waals surface area (Å²) in [5, 5.41) is 5.74. The monoisotopic (exact) mass is 302 g/mol. The van der Waals surface area contributed by atoms with E-state index >= 15 is 0 Å². The summed E-state index contributed by atoms with van der Waals surface area (Å²) in [6.07, 6.45) is 2.94. The first-order valence-corrected chi connectivity index (χ1v) is 6.84. The fraction of sp³-hybridized carbons (Fsp3) is 0.385. The highest BCUT2D eigenvalue weighted by Gasteiger charge is 2.14. The predicted molar refractivity (Wildman–Crippen MR) is 77.6 cm³/mol. The van der Waals surface area contributed by atoms with Crippen LogP contribution in [0.25, 0.3) is 0 Å². The van der Waals surface area contributed by atoms with Crippen LogP contribution < -0.4 is 10.6 Å². The lowest BCUT2D eigenvalue weighted by Crippen LogP contribution is -2.35. The molecule has 104 valence electrons. The zero-order valence-electron chi connectivity index (χ0n) is 10.6. The maximum Gasteiger partial charge on any atom is 0.313 e. The average molecular weight is 303 g/mol. The first kappa shape index (κ1) is 15.8. The van der Waals surface area contributed by atoms with E-state index in [0.717, 1.165) is 19.3 Å². The van der Waals surface area contributed by atoms with Crippen molar-refractivity contribution in [1.82, 2.24) is 5.32 Å². The lowest BCUT2D eigenvalue weighted by atomic mass is 10.2. The molecule has 0 aliphatic carbocycles. The maximum absolute atomic E-state index is 11.6. The molecule has 2 amide bonds. The standard InChI is InChI=1S/C13H16Cl2N2O2/c1-2-3-4-7-16-12(18)13(19)17-11-6-5-9(14)8-10(11)15/h5-6,8H,2-4,7H2,1H3,(H,16,18)(H,17,19). The highest BCUT2D eigenvalue weighted by Crippen LogP contribution is 2.25. The molecule has 0 fully saturated rings. The number of anilines is 1. The second-order valence-corrected chi connectivity index (χ2v) is 4.88. The van der Waals surface area contributed by atoms with Crippen LogP contribution in [0.3, 0.4) is 0 Å². The minimum atomic E-state index is -0.735. The van der Waals surface area contributed by atoms with Crippen molar-refractivity contribution in [3.05, 3.63) is 28.2 Å². The van der Waals surface area contributed by atoms with E-state index in [2.05, 4.69) is 17.6 Å². The van der Waals surface area contributed by atoms with Crippen molar-refractivity contribution >= 4 is 40.7 Å². The third-order valence-electron chi connectivity index (χ3n) is 2.45. The van der Waals surface area contributed by atoms with Crippen molar-refractivity contribution < 1.29 is 9.59 Å². The van der Waals surface area contributed by atoms with Crippen LogP contribution in [0.15, 0.2) is 18.2 Å². The zero-order chi connectivity index (χ0) is 14.3. The number of benzene rings is 1. The van der Waals surface area contributed by atoms with Crippen LogP contribution in [-0.2, 0) is 9.59 Å². The Morgan fingerprint density at radius 1 is 1.16 bits per heavy atom. The van der Waals surface area contributed by atoms with E-state index in [4.69, 9.17) is 23.2 Å². The van der Waals surface area contributed by atoms with Crippen molar-refractivity contribution in [2.75, 3.05) is 11.9 Å². The zero-order valence-corrected chi connectivity index (χ0v) is 12.1. The molecule has 19 heavy (non-hydrogen) atoms. The van der Waals surface area contributed by atoms with Gasteiger partial charge >= 0.3 is 11.8 Å². The smallest absolute Gasteiger partial charge is 0.313 e. The first-order chi connectivity index (χ1) is 9.04. The summed E-state index contributed by atoms with van der Waals surface area (Å²) in [6.45, 7) is 2.56. The van der Waals surface area contributed by atoms with Crippen LogP contribution in [0.2, 0.25) is 10.0 Å². The Morgan fingerprint density at radius 2 is 1.89 bits per heavy atom. The van der Waals surface area contributed by atoms with Gasteiger partial charge in [0.2, 0.25) is 0 Å². The Labute approximate surface area is 122 Å². The quantitative estimate of drug-likeness (QED) is 0.648. The Balaban J connectivity index is 2.47. The van der Waals surface area contributed by atoms with Crippen LogP contribution in [0, 0.1) is 0 Å². The molecule has 1 rings (SSSR count). The number of hydrogen-bond acceptors (Lipinski definition) is 2. The molecule has 0 aromatic heterocycles. The molecule has 1 aromatic carbocycles. The number of amides is 2. The lowest BCUT2D eigenvalue weighted by Gasteiger charge is -2.08. The number of carbonyl (C=O) groups is 2. The van der Waals surface area contributed by atoms with Gasteiger partial charge in [0.1, 0.15) is 0 Å². The van der Waals surface area contributed by atoms with Gasteiger partial charge < -0.3 is 10.6 Å². The molecule has 0 heterocycles. The molecule has 1 aromatic rings. The van der Waals surface area contributed by atoms with Crippen molar-refractivity contribution in [3.63, 3.8) is 0 Å². The second kappa shape index (κ2) is 8.02. The molecule has 0 spiro atoms. The molecule has 0 radical (unpaired) electrons. The Kier molecular flexibility index (Phi) is 6.67. The van der Waals surface area contributed by atoms with Crippen LogP contribution in [-0.4, -0.2) is 18.4 Å². The van der Waals surface area contributed by atoms with Gasteiger partial charge in [-0.25, -0.2) is 0 Å². The third-order valence-corrected chi connectivity index (χ3v) is 3.00. The van der Waals surface area contributed by atoms with Gasteiger partial charge in [-0.3, -0.25) is 9.59 Å². The van der Waals surface area contributed by atoms with E-state index in [9.17, 15) is 9.59 Å². The van der Waals surface area contributed by atoms with Crippen molar-refractivity contribution in [2.45, 2.75) is 26.2 Å². The second-order valence-electron chi connectivity index (χ2n) is 4.04. The van der Waals surface area contributed by atoms with Crippen molar-refractivity contribution in [1.29, 1.82) is 0 Å². The Hall–Kier alpha value is -1.26. The minimum Gasteiger partial charge on any atom is -0.348 e. The molecule has 0 aliphatic heterocycles. The predicted octanol–water partition coefficient (Wildman–Crippen LogP) is 3.24. The Morgan fingerprint density at radius 3 is 2.53 bits per heavy atom. The molecule has 2 N–H and O–H groups in total. The minimum absolute atomic E-state index is 0.291. The molecule has 0 bridgehead atoms. The highest BCUT2D eigenvalue weighted by molar-refractivity contribution is 6.42. The van der Waals surface area contributed by atoms with Crippen molar-refractivity contribution in [3.8, 4) is 0 Å². The summed E-state index contributed by atoms with van der Waals surface area (Å²) in [5.41, 5.74) is 0.361. The number of hydrogen-bond donors (Lipinski definition) is 2. The van der Waals surface area contributed by atoms with Crippen LogP contribution in [0.5, 0.6) is 0 Å². The van der Waals surface area contributed by atoms with E-state index in [1.165, 1.54) is 6.07 Å². The molecule has 0 saturated heterocycles. The van der Waals surface area contributed by atoms with Gasteiger partial charge in [0, 0.05) is 11.6 Å². The van der Waals surface area contributed by atoms with E-state index in [-0.39, 0.29) is 0 Å². The highest BCUT2D eigenvalue weighted by atomic mass is 35.5. The largest absolute Gasteiger partial charge is 0.348 e. The maximum atomic E-state index is 11.6. The van der Waals surface area contributed by atoms with Gasteiger partial charge in [0.05, 0.1) is 10.7 Å². The number of unbranched alkanes of at least 4 members (excludes halogenated alkanes) is 2. The first-order valence-electron chi connectivity index (χ1n) is 6.08. The van der Waals surface area contributed by atoms with Gasteiger partial charge in [-0.1, -0.05) is 43.0 Å². The molecular weight excluding hydrogens is 287 g/mol. The van der Waals surface area contributed by atoms with Crippen molar-refractivity contribution in [2.24, 2.45) is 0 Å². The molecule has 0 saturated carbocycles. The fourth-order valence-electron chi connectivity index (χ4n) is 1.43. The summed E-state index contributed by atoms with van der Waals surface area (Å²) in [6, 6.07) is 4.63. The molecule has 6 heteroatoms. The Bertz CT molecular complexity index is 464. The van der Waals surface area contributed by atoms with Gasteiger partial charge in [-0.05, 0) is 24.6 Å². The van der Waals surface area contributed by atoms with Gasteiger partial charge in [-0.2, -0.15) is 0 Å². The number of rotatable bonds is 5. The number of nitrogens with one attached hydrogen (secondary N) is 2. The van der Waals surface area contributed by atoms with Crippen LogP contribution in [0.1, 0.15) is 26.2 Å². The number of carbonyl (C=O) groups excluding carboxylic acids is 2. The molecular formula is C13H16Cl2N2O2. The summed E-state index contributed by atoms with van der Waals surface area (Å²) < 4.78 is 0. The van der Waals surface area contributed by atoms with Crippen LogP contribution in [0.4, 0.5) is 5.69 Å². The third kappa shape index (κ3) is 5.49. The normalized spacial score (nSPS) is 10.1. The SMILES string of the molecule is CCCCCNC(=O)C(=O)Nc1ccc(Cl)cc1Cl. The van der Waals surface area contributed by atoms with Crippen LogP contribution >= 0.6 is 23.2 Å². The summed E-state index contributed by atoms with van der Waals surface area (Å²) in [5.74, 6) is -1.40. The van der Waals surface area contributed by atoms with Gasteiger partial charge in [-0.15, -0.1) is 0 Å². The lowest BCUT2D eigenvalue weighted by molar-refractivity contribution is -0.136.